The molecule has 6 nitrogen and oxygen atoms in total. The van der Waals surface area contributed by atoms with Crippen LogP contribution in [-0.2, 0) is 9.59 Å². The molecule has 1 atom stereocenters. The number of nitrogens with one attached hydrogen (secondary N) is 1. The van der Waals surface area contributed by atoms with Crippen LogP contribution in [0.4, 0.5) is 0 Å². The zero-order chi connectivity index (χ0) is 15.4. The van der Waals surface area contributed by atoms with Crippen LogP contribution in [-0.4, -0.2) is 33.8 Å². The van der Waals surface area contributed by atoms with E-state index in [1.807, 2.05) is 0 Å². The minimum absolute atomic E-state index is 0.0930. The largest absolute Gasteiger partial charge is 0.508 e. The van der Waals surface area contributed by atoms with Gasteiger partial charge in [-0.1, -0.05) is 0 Å². The van der Waals surface area contributed by atoms with Crippen molar-refractivity contribution in [2.24, 2.45) is 0 Å². The number of carbonyl (C=O) groups excluding carboxylic acids is 3. The summed E-state index contributed by atoms with van der Waals surface area (Å²) in [6, 6.07) is 3.96. The van der Waals surface area contributed by atoms with Crippen LogP contribution in [0.1, 0.15) is 41.6 Å². The minimum atomic E-state index is -0.664. The van der Waals surface area contributed by atoms with Crippen molar-refractivity contribution in [1.82, 2.24) is 10.2 Å². The number of hydrogen-bond donors (Lipinski definition) is 2. The van der Waals surface area contributed by atoms with Crippen molar-refractivity contribution >= 4 is 23.4 Å². The lowest BCUT2D eigenvalue weighted by Crippen LogP contribution is -2.52. The predicted molar refractivity (Wildman–Crippen MR) is 76.6 cm³/mol. The van der Waals surface area contributed by atoms with Crippen LogP contribution in [0.3, 0.4) is 0 Å². The number of aromatic hydroxyl groups is 1. The maximum absolute atomic E-state index is 12.7. The summed E-state index contributed by atoms with van der Waals surface area (Å²) in [6.45, 7) is 0. The first-order valence-corrected chi connectivity index (χ1v) is 7.29. The molecule has 3 aliphatic rings. The summed E-state index contributed by atoms with van der Waals surface area (Å²) in [4.78, 5) is 37.7. The molecule has 6 heteroatoms. The summed E-state index contributed by atoms with van der Waals surface area (Å²) in [5.74, 6) is -0.876. The van der Waals surface area contributed by atoms with Gasteiger partial charge in [0.15, 0.2) is 0 Å². The molecule has 1 aromatic carbocycles. The van der Waals surface area contributed by atoms with Crippen molar-refractivity contribution in [1.29, 1.82) is 0 Å². The zero-order valence-corrected chi connectivity index (χ0v) is 11.8. The summed E-state index contributed by atoms with van der Waals surface area (Å²) >= 11 is 0. The normalized spacial score (nSPS) is 23.7. The van der Waals surface area contributed by atoms with Gasteiger partial charge in [-0.15, -0.1) is 0 Å². The monoisotopic (exact) mass is 298 g/mol. The smallest absolute Gasteiger partial charge is 0.259 e. The van der Waals surface area contributed by atoms with Gasteiger partial charge in [0.2, 0.25) is 11.8 Å². The van der Waals surface area contributed by atoms with Gasteiger partial charge < -0.3 is 5.11 Å². The number of amides is 3. The van der Waals surface area contributed by atoms with Gasteiger partial charge in [-0.25, -0.2) is 0 Å². The van der Waals surface area contributed by atoms with Gasteiger partial charge in [-0.05, 0) is 43.0 Å². The average molecular weight is 298 g/mol. The highest BCUT2D eigenvalue weighted by molar-refractivity contribution is 6.13. The van der Waals surface area contributed by atoms with Crippen LogP contribution in [0, 0.1) is 0 Å². The number of carbonyl (C=O) groups is 3. The summed E-state index contributed by atoms with van der Waals surface area (Å²) < 4.78 is 0. The van der Waals surface area contributed by atoms with E-state index >= 15 is 0 Å². The van der Waals surface area contributed by atoms with E-state index in [9.17, 15) is 19.5 Å². The lowest BCUT2D eigenvalue weighted by Gasteiger charge is -2.30. The fourth-order valence-corrected chi connectivity index (χ4v) is 3.16. The quantitative estimate of drug-likeness (QED) is 0.762. The molecule has 2 heterocycles. The van der Waals surface area contributed by atoms with Gasteiger partial charge in [0.1, 0.15) is 11.8 Å². The highest BCUT2D eigenvalue weighted by Crippen LogP contribution is 2.46. The zero-order valence-electron chi connectivity index (χ0n) is 11.8. The van der Waals surface area contributed by atoms with Crippen molar-refractivity contribution in [2.45, 2.75) is 31.7 Å². The number of fused-ring (bicyclic) bond motifs is 1. The van der Waals surface area contributed by atoms with Crippen LogP contribution in [0.25, 0.3) is 5.70 Å². The van der Waals surface area contributed by atoms with E-state index < -0.39 is 11.9 Å². The number of hydrogen-bond acceptors (Lipinski definition) is 4. The van der Waals surface area contributed by atoms with Crippen molar-refractivity contribution in [3.8, 4) is 5.75 Å². The van der Waals surface area contributed by atoms with E-state index in [4.69, 9.17) is 0 Å². The van der Waals surface area contributed by atoms with Crippen LogP contribution >= 0.6 is 0 Å². The first kappa shape index (κ1) is 13.1. The molecule has 4 rings (SSSR count). The first-order valence-electron chi connectivity index (χ1n) is 7.29. The van der Waals surface area contributed by atoms with Crippen LogP contribution in [0.5, 0.6) is 5.75 Å². The maximum atomic E-state index is 12.7. The minimum Gasteiger partial charge on any atom is -0.508 e. The Morgan fingerprint density at radius 2 is 1.86 bits per heavy atom. The molecule has 1 unspecified atom stereocenters. The maximum Gasteiger partial charge on any atom is 0.259 e. The van der Waals surface area contributed by atoms with Gasteiger partial charge in [0.25, 0.3) is 5.91 Å². The lowest BCUT2D eigenvalue weighted by molar-refractivity contribution is -0.136. The molecule has 1 saturated carbocycles. The van der Waals surface area contributed by atoms with Crippen LogP contribution < -0.4 is 5.32 Å². The number of phenolic OH excluding ortho intramolecular Hbond substituents is 1. The summed E-state index contributed by atoms with van der Waals surface area (Å²) in [5, 5.41) is 12.0. The molecule has 22 heavy (non-hydrogen) atoms. The Balaban J connectivity index is 1.81. The number of phenols is 1. The van der Waals surface area contributed by atoms with Crippen molar-refractivity contribution in [2.75, 3.05) is 0 Å². The van der Waals surface area contributed by atoms with Gasteiger partial charge in [-0.3, -0.25) is 24.6 Å². The van der Waals surface area contributed by atoms with Gasteiger partial charge in [0, 0.05) is 17.5 Å². The predicted octanol–water partition coefficient (Wildman–Crippen LogP) is 1.16. The molecule has 2 fully saturated rings. The molecule has 0 spiro atoms. The standard InChI is InChI=1S/C16H14N2O4/c19-9-3-4-10-11(7-9)14(8-1-2-8)18(16(10)22)12-5-6-13(20)17-15(12)21/h3-4,7,12,19H,1-2,5-6H2,(H,17,20,21). The number of nitrogens with zero attached hydrogens (tertiary/aromatic N) is 1. The van der Waals surface area contributed by atoms with E-state index in [0.717, 1.165) is 24.1 Å². The SMILES string of the molecule is O=C1CCC(N2C(=O)c3ccc(O)cc3C2=C2CC2)C(=O)N1. The third-order valence-corrected chi connectivity index (χ3v) is 4.31. The van der Waals surface area contributed by atoms with E-state index in [1.54, 1.807) is 12.1 Å². The fourth-order valence-electron chi connectivity index (χ4n) is 3.16. The van der Waals surface area contributed by atoms with Crippen molar-refractivity contribution in [3.05, 3.63) is 34.9 Å². The molecular weight excluding hydrogens is 284 g/mol. The van der Waals surface area contributed by atoms with E-state index in [1.165, 1.54) is 11.0 Å². The Kier molecular flexibility index (Phi) is 2.63. The third kappa shape index (κ3) is 1.83. The summed E-state index contributed by atoms with van der Waals surface area (Å²) in [5.41, 5.74) is 3.03. The Morgan fingerprint density at radius 1 is 1.09 bits per heavy atom. The van der Waals surface area contributed by atoms with E-state index in [0.29, 0.717) is 17.5 Å². The Labute approximate surface area is 126 Å². The molecule has 3 amide bonds. The lowest BCUT2D eigenvalue weighted by atomic mass is 10.0. The van der Waals surface area contributed by atoms with Gasteiger partial charge in [0.05, 0.1) is 5.70 Å². The molecule has 0 aromatic heterocycles. The molecule has 1 aliphatic carbocycles. The first-order chi connectivity index (χ1) is 10.6. The van der Waals surface area contributed by atoms with Gasteiger partial charge in [-0.2, -0.15) is 0 Å². The fraction of sp³-hybridized carbons (Fsp3) is 0.312. The number of rotatable bonds is 1. The van der Waals surface area contributed by atoms with Crippen molar-refractivity contribution < 1.29 is 19.5 Å². The Morgan fingerprint density at radius 3 is 2.55 bits per heavy atom. The number of imide groups is 1. The second kappa shape index (κ2) is 4.43. The molecule has 1 saturated heterocycles. The number of piperidine rings is 1. The molecule has 2 aliphatic heterocycles. The second-order valence-electron chi connectivity index (χ2n) is 5.82. The van der Waals surface area contributed by atoms with Crippen molar-refractivity contribution in [3.63, 3.8) is 0 Å². The molecular formula is C16H14N2O4. The molecule has 112 valence electrons. The Bertz CT molecular complexity index is 759. The van der Waals surface area contributed by atoms with Crippen LogP contribution in [0.2, 0.25) is 0 Å². The van der Waals surface area contributed by atoms with E-state index in [-0.39, 0.29) is 24.0 Å². The van der Waals surface area contributed by atoms with E-state index in [2.05, 4.69) is 5.32 Å². The highest BCUT2D eigenvalue weighted by Gasteiger charge is 2.44. The number of benzene rings is 1. The number of allylic oxidation sites excluding steroid dienone is 1. The van der Waals surface area contributed by atoms with Gasteiger partial charge >= 0.3 is 0 Å². The molecule has 2 N–H and O–H groups in total. The van der Waals surface area contributed by atoms with Crippen LogP contribution in [0.15, 0.2) is 23.8 Å². The average Bonchev–Trinajstić information content (AvgIpc) is 3.26. The topological polar surface area (TPSA) is 86.7 Å². The summed E-state index contributed by atoms with van der Waals surface area (Å²) in [6.07, 6.45) is 2.33. The second-order valence-corrected chi connectivity index (χ2v) is 5.82. The molecule has 0 radical (unpaired) electrons. The third-order valence-electron chi connectivity index (χ3n) is 4.31. The summed E-state index contributed by atoms with van der Waals surface area (Å²) in [7, 11) is 0. The molecule has 1 aromatic rings. The molecule has 0 bridgehead atoms. The highest BCUT2D eigenvalue weighted by atomic mass is 16.3. The Hall–Kier alpha value is -2.63.